The van der Waals surface area contributed by atoms with Crippen LogP contribution in [0.2, 0.25) is 0 Å². The van der Waals surface area contributed by atoms with Gasteiger partial charge in [0, 0.05) is 12.1 Å². The summed E-state index contributed by atoms with van der Waals surface area (Å²) in [5, 5.41) is 4.60. The molecule has 1 aliphatic heterocycles. The Kier molecular flexibility index (Phi) is 4.22. The predicted molar refractivity (Wildman–Crippen MR) is 79.1 cm³/mol. The van der Waals surface area contributed by atoms with Crippen LogP contribution in [0.1, 0.15) is 33.6 Å². The molecule has 1 saturated heterocycles. The highest BCUT2D eigenvalue weighted by molar-refractivity contribution is 7.91. The fourth-order valence-corrected chi connectivity index (χ4v) is 5.04. The Labute approximate surface area is 124 Å². The monoisotopic (exact) mass is 316 g/mol. The molecule has 2 heterocycles. The van der Waals surface area contributed by atoms with Crippen LogP contribution in [0.3, 0.4) is 0 Å². The zero-order valence-electron chi connectivity index (χ0n) is 11.9. The van der Waals surface area contributed by atoms with Crippen molar-refractivity contribution in [2.45, 2.75) is 49.4 Å². The largest absolute Gasteiger partial charge is 0.350 e. The van der Waals surface area contributed by atoms with Crippen molar-refractivity contribution >= 4 is 27.3 Å². The highest BCUT2D eigenvalue weighted by atomic mass is 32.2. The summed E-state index contributed by atoms with van der Waals surface area (Å²) in [6.45, 7) is 6.07. The van der Waals surface area contributed by atoms with Gasteiger partial charge in [0.15, 0.2) is 0 Å². The summed E-state index contributed by atoms with van der Waals surface area (Å²) < 4.78 is 26.7. The van der Waals surface area contributed by atoms with Gasteiger partial charge in [0.1, 0.15) is 10.3 Å². The van der Waals surface area contributed by atoms with Gasteiger partial charge in [0.25, 0.3) is 10.0 Å². The van der Waals surface area contributed by atoms with E-state index in [0.717, 1.165) is 0 Å². The second-order valence-corrected chi connectivity index (χ2v) is 9.01. The third kappa shape index (κ3) is 3.21. The summed E-state index contributed by atoms with van der Waals surface area (Å²) in [6.07, 6.45) is 1.29. The predicted octanol–water partition coefficient (Wildman–Crippen LogP) is 1.82. The molecule has 0 spiro atoms. The topological polar surface area (TPSA) is 66.5 Å². The van der Waals surface area contributed by atoms with Crippen LogP contribution < -0.4 is 5.32 Å². The molecule has 1 unspecified atom stereocenters. The zero-order chi connectivity index (χ0) is 15.0. The number of nitrogens with one attached hydrogen (secondary N) is 1. The van der Waals surface area contributed by atoms with E-state index in [1.165, 1.54) is 15.6 Å². The van der Waals surface area contributed by atoms with E-state index >= 15 is 0 Å². The van der Waals surface area contributed by atoms with Crippen LogP contribution in [0.25, 0.3) is 0 Å². The standard InChI is InChI=1S/C13H20N2O3S2/c1-13(2,3)14-12(16)10-6-4-8-15(10)20(17,18)11-7-5-9-19-11/h5,7,9-10H,4,6,8H2,1-3H3,(H,14,16). The van der Waals surface area contributed by atoms with E-state index < -0.39 is 16.1 Å². The maximum atomic E-state index is 12.5. The number of sulfonamides is 1. The van der Waals surface area contributed by atoms with Crippen molar-refractivity contribution < 1.29 is 13.2 Å². The van der Waals surface area contributed by atoms with Crippen LogP contribution in [0.15, 0.2) is 21.7 Å². The van der Waals surface area contributed by atoms with Crippen LogP contribution >= 0.6 is 11.3 Å². The number of hydrogen-bond acceptors (Lipinski definition) is 4. The van der Waals surface area contributed by atoms with Gasteiger partial charge in [0.2, 0.25) is 5.91 Å². The van der Waals surface area contributed by atoms with Crippen LogP contribution in [0.5, 0.6) is 0 Å². The molecule has 112 valence electrons. The fourth-order valence-electron chi connectivity index (χ4n) is 2.27. The van der Waals surface area contributed by atoms with Gasteiger partial charge in [-0.15, -0.1) is 11.3 Å². The summed E-state index contributed by atoms with van der Waals surface area (Å²) in [5.74, 6) is -0.213. The number of thiophene rings is 1. The van der Waals surface area contributed by atoms with Crippen LogP contribution in [-0.4, -0.2) is 36.8 Å². The first kappa shape index (κ1) is 15.5. The van der Waals surface area contributed by atoms with Crippen molar-refractivity contribution in [2.75, 3.05) is 6.54 Å². The Bertz CT molecular complexity index is 573. The summed E-state index contributed by atoms with van der Waals surface area (Å²) >= 11 is 1.18. The first-order valence-corrected chi connectivity index (χ1v) is 8.91. The van der Waals surface area contributed by atoms with Gasteiger partial charge < -0.3 is 5.32 Å². The lowest BCUT2D eigenvalue weighted by molar-refractivity contribution is -0.125. The highest BCUT2D eigenvalue weighted by Gasteiger charge is 2.40. The molecule has 0 aliphatic carbocycles. The van der Waals surface area contributed by atoms with Gasteiger partial charge in [0.05, 0.1) is 0 Å². The smallest absolute Gasteiger partial charge is 0.253 e. The van der Waals surface area contributed by atoms with E-state index in [9.17, 15) is 13.2 Å². The number of carbonyl (C=O) groups is 1. The van der Waals surface area contributed by atoms with Gasteiger partial charge in [-0.1, -0.05) is 6.07 Å². The first-order valence-electron chi connectivity index (χ1n) is 6.59. The molecule has 1 aromatic heterocycles. The molecule has 1 N–H and O–H groups in total. The van der Waals surface area contributed by atoms with Crippen LogP contribution in [0.4, 0.5) is 0 Å². The van der Waals surface area contributed by atoms with E-state index in [1.807, 2.05) is 20.8 Å². The Balaban J connectivity index is 2.22. The average molecular weight is 316 g/mol. The number of hydrogen-bond donors (Lipinski definition) is 1. The van der Waals surface area contributed by atoms with Gasteiger partial charge >= 0.3 is 0 Å². The quantitative estimate of drug-likeness (QED) is 0.925. The average Bonchev–Trinajstić information content (AvgIpc) is 2.99. The van der Waals surface area contributed by atoms with E-state index in [-0.39, 0.29) is 11.4 Å². The van der Waals surface area contributed by atoms with Gasteiger partial charge in [-0.3, -0.25) is 4.79 Å². The van der Waals surface area contributed by atoms with Crippen molar-refractivity contribution in [1.29, 1.82) is 0 Å². The lowest BCUT2D eigenvalue weighted by Crippen LogP contribution is -2.51. The summed E-state index contributed by atoms with van der Waals surface area (Å²) in [7, 11) is -3.55. The summed E-state index contributed by atoms with van der Waals surface area (Å²) in [5.41, 5.74) is -0.363. The zero-order valence-corrected chi connectivity index (χ0v) is 13.6. The van der Waals surface area contributed by atoms with Gasteiger partial charge in [-0.05, 0) is 45.1 Å². The van der Waals surface area contributed by atoms with E-state index in [2.05, 4.69) is 5.32 Å². The Morgan fingerprint density at radius 1 is 1.45 bits per heavy atom. The second-order valence-electron chi connectivity index (χ2n) is 5.95. The molecule has 1 aliphatic rings. The van der Waals surface area contributed by atoms with Crippen molar-refractivity contribution in [3.05, 3.63) is 17.5 Å². The molecular weight excluding hydrogens is 296 g/mol. The van der Waals surface area contributed by atoms with E-state index in [1.54, 1.807) is 17.5 Å². The van der Waals surface area contributed by atoms with Crippen LogP contribution in [-0.2, 0) is 14.8 Å². The normalized spacial score (nSPS) is 21.1. The first-order chi connectivity index (χ1) is 9.22. The lowest BCUT2D eigenvalue weighted by atomic mass is 10.1. The molecule has 7 heteroatoms. The lowest BCUT2D eigenvalue weighted by Gasteiger charge is -2.27. The molecule has 1 aromatic rings. The number of rotatable bonds is 3. The minimum atomic E-state index is -3.55. The van der Waals surface area contributed by atoms with Gasteiger partial charge in [-0.2, -0.15) is 4.31 Å². The van der Waals surface area contributed by atoms with E-state index in [0.29, 0.717) is 23.6 Å². The molecule has 20 heavy (non-hydrogen) atoms. The molecule has 0 saturated carbocycles. The Hall–Kier alpha value is -0.920. The molecule has 1 amide bonds. The molecule has 0 aromatic carbocycles. The van der Waals surface area contributed by atoms with Crippen LogP contribution in [0, 0.1) is 0 Å². The third-order valence-corrected chi connectivity index (χ3v) is 6.34. The highest BCUT2D eigenvalue weighted by Crippen LogP contribution is 2.28. The molecule has 0 radical (unpaired) electrons. The van der Waals surface area contributed by atoms with Crippen molar-refractivity contribution in [3.8, 4) is 0 Å². The summed E-state index contributed by atoms with van der Waals surface area (Å²) in [6, 6.07) is 2.69. The number of amides is 1. The molecule has 0 bridgehead atoms. The molecular formula is C13H20N2O3S2. The van der Waals surface area contributed by atoms with Gasteiger partial charge in [-0.25, -0.2) is 8.42 Å². The van der Waals surface area contributed by atoms with Crippen molar-refractivity contribution in [2.24, 2.45) is 0 Å². The maximum Gasteiger partial charge on any atom is 0.253 e. The minimum absolute atomic E-state index is 0.213. The van der Waals surface area contributed by atoms with Crippen molar-refractivity contribution in [3.63, 3.8) is 0 Å². The fraction of sp³-hybridized carbons (Fsp3) is 0.615. The second kappa shape index (κ2) is 5.46. The molecule has 2 rings (SSSR count). The third-order valence-electron chi connectivity index (χ3n) is 3.06. The van der Waals surface area contributed by atoms with Crippen molar-refractivity contribution in [1.82, 2.24) is 9.62 Å². The molecule has 5 nitrogen and oxygen atoms in total. The molecule has 1 fully saturated rings. The molecule has 1 atom stereocenters. The Morgan fingerprint density at radius 3 is 2.70 bits per heavy atom. The maximum absolute atomic E-state index is 12.5. The summed E-state index contributed by atoms with van der Waals surface area (Å²) in [4.78, 5) is 12.3. The van der Waals surface area contributed by atoms with E-state index in [4.69, 9.17) is 0 Å². The SMILES string of the molecule is CC(C)(C)NC(=O)C1CCCN1S(=O)(=O)c1cccs1. The minimum Gasteiger partial charge on any atom is -0.350 e. The number of nitrogens with zero attached hydrogens (tertiary/aromatic N) is 1. The Morgan fingerprint density at radius 2 is 2.15 bits per heavy atom. The number of carbonyl (C=O) groups excluding carboxylic acids is 1.